The van der Waals surface area contributed by atoms with Gasteiger partial charge in [0.05, 0.1) is 6.33 Å². The maximum Gasteiger partial charge on any atom is 0.0991 e. The average Bonchev–Trinajstić information content (AvgIpc) is 2.84. The Morgan fingerprint density at radius 2 is 2.06 bits per heavy atom. The molecule has 0 unspecified atom stereocenters. The molecule has 0 radical (unpaired) electrons. The number of hydrogen-bond donors (Lipinski definition) is 1. The predicted octanol–water partition coefficient (Wildman–Crippen LogP) is 2.06. The van der Waals surface area contributed by atoms with E-state index in [0.717, 1.165) is 23.7 Å². The molecule has 16 heavy (non-hydrogen) atoms. The van der Waals surface area contributed by atoms with Crippen LogP contribution in [0.25, 0.3) is 5.69 Å². The van der Waals surface area contributed by atoms with Gasteiger partial charge in [0.15, 0.2) is 0 Å². The summed E-state index contributed by atoms with van der Waals surface area (Å²) in [6.45, 7) is 0.748. The van der Waals surface area contributed by atoms with Crippen molar-refractivity contribution in [3.8, 4) is 5.69 Å². The molecule has 0 aliphatic heterocycles. The van der Waals surface area contributed by atoms with Crippen molar-refractivity contribution in [2.75, 3.05) is 12.3 Å². The molecular weight excluding hydrogens is 218 g/mol. The Morgan fingerprint density at radius 3 is 2.69 bits per heavy atom. The van der Waals surface area contributed by atoms with E-state index in [9.17, 15) is 0 Å². The standard InChI is InChI=1S/C12H15N3S/c13-5-8-16-9-11-1-3-12(4-2-11)15-7-6-14-10-15/h1-4,6-7,10H,5,8-9,13H2. The summed E-state index contributed by atoms with van der Waals surface area (Å²) >= 11 is 1.87. The van der Waals surface area contributed by atoms with Crippen molar-refractivity contribution in [1.29, 1.82) is 0 Å². The topological polar surface area (TPSA) is 43.8 Å². The molecule has 0 saturated carbocycles. The first kappa shape index (κ1) is 11.2. The lowest BCUT2D eigenvalue weighted by atomic mass is 10.2. The fraction of sp³-hybridized carbons (Fsp3) is 0.250. The highest BCUT2D eigenvalue weighted by Gasteiger charge is 1.96. The third-order valence-electron chi connectivity index (χ3n) is 2.27. The molecule has 0 aliphatic carbocycles. The second kappa shape index (κ2) is 5.72. The largest absolute Gasteiger partial charge is 0.330 e. The maximum absolute atomic E-state index is 5.45. The zero-order chi connectivity index (χ0) is 11.2. The minimum Gasteiger partial charge on any atom is -0.330 e. The van der Waals surface area contributed by atoms with Gasteiger partial charge in [0.2, 0.25) is 0 Å². The monoisotopic (exact) mass is 233 g/mol. The van der Waals surface area contributed by atoms with Crippen LogP contribution in [0.2, 0.25) is 0 Å². The summed E-state index contributed by atoms with van der Waals surface area (Å²) in [5, 5.41) is 0. The summed E-state index contributed by atoms with van der Waals surface area (Å²) < 4.78 is 2.00. The summed E-state index contributed by atoms with van der Waals surface area (Å²) in [5.74, 6) is 2.05. The van der Waals surface area contributed by atoms with Crippen molar-refractivity contribution >= 4 is 11.8 Å². The number of nitrogens with zero attached hydrogens (tertiary/aromatic N) is 2. The van der Waals surface area contributed by atoms with Crippen molar-refractivity contribution < 1.29 is 0 Å². The lowest BCUT2D eigenvalue weighted by molar-refractivity contribution is 1.05. The minimum absolute atomic E-state index is 0.748. The first-order valence-corrected chi connectivity index (χ1v) is 6.40. The molecule has 0 fully saturated rings. The van der Waals surface area contributed by atoms with Gasteiger partial charge in [-0.15, -0.1) is 0 Å². The van der Waals surface area contributed by atoms with E-state index in [2.05, 4.69) is 29.2 Å². The van der Waals surface area contributed by atoms with Gasteiger partial charge in [0, 0.05) is 36.1 Å². The van der Waals surface area contributed by atoms with E-state index >= 15 is 0 Å². The molecule has 0 bridgehead atoms. The quantitative estimate of drug-likeness (QED) is 0.804. The molecule has 1 aromatic heterocycles. The molecule has 2 N–H and O–H groups in total. The zero-order valence-electron chi connectivity index (χ0n) is 9.04. The molecule has 4 heteroatoms. The molecule has 0 saturated heterocycles. The number of rotatable bonds is 5. The van der Waals surface area contributed by atoms with E-state index in [1.165, 1.54) is 5.56 Å². The number of hydrogen-bond acceptors (Lipinski definition) is 3. The van der Waals surface area contributed by atoms with E-state index in [0.29, 0.717) is 0 Å². The number of imidazole rings is 1. The Hall–Kier alpha value is -1.26. The van der Waals surface area contributed by atoms with Crippen LogP contribution >= 0.6 is 11.8 Å². The van der Waals surface area contributed by atoms with Gasteiger partial charge in [-0.25, -0.2) is 4.98 Å². The third-order valence-corrected chi connectivity index (χ3v) is 3.33. The molecule has 2 aromatic rings. The zero-order valence-corrected chi connectivity index (χ0v) is 9.86. The molecular formula is C12H15N3S. The summed E-state index contributed by atoms with van der Waals surface area (Å²) in [5.41, 5.74) is 7.93. The van der Waals surface area contributed by atoms with Crippen molar-refractivity contribution in [3.63, 3.8) is 0 Å². The van der Waals surface area contributed by atoms with E-state index in [1.807, 2.05) is 22.5 Å². The van der Waals surface area contributed by atoms with Crippen LogP contribution in [0, 0.1) is 0 Å². The van der Waals surface area contributed by atoms with E-state index < -0.39 is 0 Å². The fourth-order valence-corrected chi connectivity index (χ4v) is 2.19. The molecule has 84 valence electrons. The van der Waals surface area contributed by atoms with Gasteiger partial charge in [0.25, 0.3) is 0 Å². The van der Waals surface area contributed by atoms with Crippen molar-refractivity contribution in [1.82, 2.24) is 9.55 Å². The van der Waals surface area contributed by atoms with Crippen LogP contribution in [0.4, 0.5) is 0 Å². The number of nitrogens with two attached hydrogens (primary N) is 1. The normalized spacial score (nSPS) is 10.6. The smallest absolute Gasteiger partial charge is 0.0991 e. The van der Waals surface area contributed by atoms with Crippen molar-refractivity contribution in [3.05, 3.63) is 48.5 Å². The predicted molar refractivity (Wildman–Crippen MR) is 68.8 cm³/mol. The van der Waals surface area contributed by atoms with E-state index in [4.69, 9.17) is 5.73 Å². The second-order valence-electron chi connectivity index (χ2n) is 3.48. The Balaban J connectivity index is 2.00. The van der Waals surface area contributed by atoms with Crippen LogP contribution in [0.15, 0.2) is 43.0 Å². The summed E-state index contributed by atoms with van der Waals surface area (Å²) in [7, 11) is 0. The van der Waals surface area contributed by atoms with Gasteiger partial charge >= 0.3 is 0 Å². The highest BCUT2D eigenvalue weighted by molar-refractivity contribution is 7.98. The third kappa shape index (κ3) is 2.87. The first-order chi connectivity index (χ1) is 7.90. The molecule has 0 spiro atoms. The van der Waals surface area contributed by atoms with Gasteiger partial charge < -0.3 is 10.3 Å². The molecule has 1 heterocycles. The molecule has 0 aliphatic rings. The summed E-state index contributed by atoms with van der Waals surface area (Å²) in [6, 6.07) is 8.53. The van der Waals surface area contributed by atoms with Gasteiger partial charge in [0.1, 0.15) is 0 Å². The fourth-order valence-electron chi connectivity index (χ4n) is 1.45. The Morgan fingerprint density at radius 1 is 1.25 bits per heavy atom. The van der Waals surface area contributed by atoms with Crippen LogP contribution in [-0.4, -0.2) is 21.8 Å². The second-order valence-corrected chi connectivity index (χ2v) is 4.58. The highest BCUT2D eigenvalue weighted by atomic mass is 32.2. The molecule has 0 atom stereocenters. The number of thioether (sulfide) groups is 1. The van der Waals surface area contributed by atoms with Crippen molar-refractivity contribution in [2.45, 2.75) is 5.75 Å². The van der Waals surface area contributed by atoms with Gasteiger partial charge in [-0.05, 0) is 17.7 Å². The maximum atomic E-state index is 5.45. The number of aromatic nitrogens is 2. The SMILES string of the molecule is NCCSCc1ccc(-n2ccnc2)cc1. The van der Waals surface area contributed by atoms with Gasteiger partial charge in [-0.3, -0.25) is 0 Å². The van der Waals surface area contributed by atoms with Gasteiger partial charge in [-0.1, -0.05) is 12.1 Å². The van der Waals surface area contributed by atoms with Gasteiger partial charge in [-0.2, -0.15) is 11.8 Å². The van der Waals surface area contributed by atoms with Crippen LogP contribution in [0.5, 0.6) is 0 Å². The molecule has 3 nitrogen and oxygen atoms in total. The minimum atomic E-state index is 0.748. The Kier molecular flexibility index (Phi) is 4.02. The van der Waals surface area contributed by atoms with Crippen LogP contribution in [0.1, 0.15) is 5.56 Å². The lowest BCUT2D eigenvalue weighted by Crippen LogP contribution is -2.01. The van der Waals surface area contributed by atoms with Crippen molar-refractivity contribution in [2.24, 2.45) is 5.73 Å². The highest BCUT2D eigenvalue weighted by Crippen LogP contribution is 2.14. The van der Waals surface area contributed by atoms with E-state index in [1.54, 1.807) is 12.5 Å². The molecule has 1 aromatic carbocycles. The van der Waals surface area contributed by atoms with Crippen LogP contribution < -0.4 is 5.73 Å². The number of benzene rings is 1. The molecule has 2 rings (SSSR count). The first-order valence-electron chi connectivity index (χ1n) is 5.25. The summed E-state index contributed by atoms with van der Waals surface area (Å²) in [4.78, 5) is 4.03. The van der Waals surface area contributed by atoms with Crippen LogP contribution in [-0.2, 0) is 5.75 Å². The summed E-state index contributed by atoms with van der Waals surface area (Å²) in [6.07, 6.45) is 5.53. The Labute approximate surface area is 99.7 Å². The van der Waals surface area contributed by atoms with Crippen LogP contribution in [0.3, 0.4) is 0 Å². The van der Waals surface area contributed by atoms with E-state index in [-0.39, 0.29) is 0 Å². The lowest BCUT2D eigenvalue weighted by Gasteiger charge is -2.04. The average molecular weight is 233 g/mol. The Bertz CT molecular complexity index is 408. The molecule has 0 amide bonds.